The summed E-state index contributed by atoms with van der Waals surface area (Å²) in [6.07, 6.45) is 7.30. The topological polar surface area (TPSA) is 64.0 Å². The van der Waals surface area contributed by atoms with Gasteiger partial charge in [-0.1, -0.05) is 39.2 Å². The second-order valence-electron chi connectivity index (χ2n) is 6.90. The predicted molar refractivity (Wildman–Crippen MR) is 99.8 cm³/mol. The average Bonchev–Trinajstić information content (AvgIpc) is 2.64. The number of carbonyl (C=O) groups excluding carboxylic acids is 1. The zero-order chi connectivity index (χ0) is 17.8. The molecule has 1 fully saturated rings. The van der Waals surface area contributed by atoms with Gasteiger partial charge in [0, 0.05) is 11.4 Å². The molecule has 0 radical (unpaired) electrons. The SMILES string of the molecule is CCc1ccc2c(=O)n(CC(=O)NC3CCCCC3)nc(CC)c2c1. The van der Waals surface area contributed by atoms with E-state index in [1.54, 1.807) is 0 Å². The maximum Gasteiger partial charge on any atom is 0.275 e. The minimum atomic E-state index is -0.186. The van der Waals surface area contributed by atoms with Gasteiger partial charge in [0.1, 0.15) is 6.54 Å². The Kier molecular flexibility index (Phi) is 5.51. The molecule has 5 nitrogen and oxygen atoms in total. The Morgan fingerprint density at radius 2 is 1.92 bits per heavy atom. The first-order valence-corrected chi connectivity index (χ1v) is 9.44. The molecule has 25 heavy (non-hydrogen) atoms. The number of fused-ring (bicyclic) bond motifs is 1. The molecule has 1 aliphatic rings. The van der Waals surface area contributed by atoms with Crippen molar-refractivity contribution in [3.05, 3.63) is 39.8 Å². The van der Waals surface area contributed by atoms with Crippen LogP contribution in [-0.4, -0.2) is 21.7 Å². The van der Waals surface area contributed by atoms with E-state index in [1.807, 2.05) is 19.1 Å². The van der Waals surface area contributed by atoms with Crippen LogP contribution in [0.15, 0.2) is 23.0 Å². The molecular weight excluding hydrogens is 314 g/mol. The molecule has 0 spiro atoms. The van der Waals surface area contributed by atoms with Crippen molar-refractivity contribution >= 4 is 16.7 Å². The van der Waals surface area contributed by atoms with Crippen LogP contribution < -0.4 is 10.9 Å². The maximum atomic E-state index is 12.7. The van der Waals surface area contributed by atoms with Crippen LogP contribution >= 0.6 is 0 Å². The van der Waals surface area contributed by atoms with E-state index < -0.39 is 0 Å². The second-order valence-corrected chi connectivity index (χ2v) is 6.90. The predicted octanol–water partition coefficient (Wildman–Crippen LogP) is 2.97. The van der Waals surface area contributed by atoms with Crippen LogP contribution in [0.4, 0.5) is 0 Å². The number of carbonyl (C=O) groups is 1. The van der Waals surface area contributed by atoms with E-state index in [2.05, 4.69) is 23.4 Å². The molecule has 0 atom stereocenters. The van der Waals surface area contributed by atoms with Crippen molar-refractivity contribution in [2.45, 2.75) is 71.4 Å². The van der Waals surface area contributed by atoms with Gasteiger partial charge in [0.2, 0.25) is 5.91 Å². The van der Waals surface area contributed by atoms with Gasteiger partial charge < -0.3 is 5.32 Å². The fraction of sp³-hybridized carbons (Fsp3) is 0.550. The van der Waals surface area contributed by atoms with Gasteiger partial charge in [0.05, 0.1) is 11.1 Å². The van der Waals surface area contributed by atoms with Crippen LogP contribution in [-0.2, 0) is 24.2 Å². The number of nitrogens with zero attached hydrogens (tertiary/aromatic N) is 2. The summed E-state index contributed by atoms with van der Waals surface area (Å²) in [7, 11) is 0. The first kappa shape index (κ1) is 17.6. The van der Waals surface area contributed by atoms with Crippen molar-refractivity contribution in [3.8, 4) is 0 Å². The normalized spacial score (nSPS) is 15.4. The molecule has 1 saturated carbocycles. The van der Waals surface area contributed by atoms with E-state index in [0.29, 0.717) is 5.39 Å². The zero-order valence-corrected chi connectivity index (χ0v) is 15.2. The number of hydrogen-bond donors (Lipinski definition) is 1. The molecule has 1 amide bonds. The summed E-state index contributed by atoms with van der Waals surface area (Å²) in [6, 6.07) is 6.15. The molecule has 1 aromatic carbocycles. The molecule has 1 aliphatic carbocycles. The van der Waals surface area contributed by atoms with Crippen LogP contribution in [0.2, 0.25) is 0 Å². The Morgan fingerprint density at radius 3 is 2.60 bits per heavy atom. The first-order valence-electron chi connectivity index (χ1n) is 9.44. The standard InChI is InChI=1S/C20H27N3O2/c1-3-14-10-11-16-17(12-14)18(4-2)22-23(20(16)25)13-19(24)21-15-8-6-5-7-9-15/h10-12,15H,3-9,13H2,1-2H3,(H,21,24). The third kappa shape index (κ3) is 3.91. The Labute approximate surface area is 148 Å². The van der Waals surface area contributed by atoms with Crippen LogP contribution in [0.5, 0.6) is 0 Å². The summed E-state index contributed by atoms with van der Waals surface area (Å²) in [5, 5.41) is 9.09. The fourth-order valence-corrected chi connectivity index (χ4v) is 3.65. The van der Waals surface area contributed by atoms with Gasteiger partial charge >= 0.3 is 0 Å². The summed E-state index contributed by atoms with van der Waals surface area (Å²) in [5.74, 6) is -0.118. The Morgan fingerprint density at radius 1 is 1.16 bits per heavy atom. The number of aromatic nitrogens is 2. The molecular formula is C20H27N3O2. The van der Waals surface area contributed by atoms with Gasteiger partial charge in [-0.3, -0.25) is 9.59 Å². The van der Waals surface area contributed by atoms with E-state index >= 15 is 0 Å². The van der Waals surface area contributed by atoms with E-state index in [0.717, 1.165) is 36.8 Å². The average molecular weight is 341 g/mol. The Hall–Kier alpha value is -2.17. The molecule has 0 bridgehead atoms. The van der Waals surface area contributed by atoms with Crippen molar-refractivity contribution in [2.24, 2.45) is 0 Å². The van der Waals surface area contributed by atoms with E-state index in [9.17, 15) is 9.59 Å². The molecule has 0 aliphatic heterocycles. The van der Waals surface area contributed by atoms with Crippen molar-refractivity contribution in [1.29, 1.82) is 0 Å². The quantitative estimate of drug-likeness (QED) is 0.909. The van der Waals surface area contributed by atoms with Gasteiger partial charge in [-0.15, -0.1) is 0 Å². The van der Waals surface area contributed by atoms with E-state index in [-0.39, 0.29) is 24.1 Å². The third-order valence-corrected chi connectivity index (χ3v) is 5.11. The van der Waals surface area contributed by atoms with Crippen LogP contribution in [0.1, 0.15) is 57.2 Å². The zero-order valence-electron chi connectivity index (χ0n) is 15.2. The summed E-state index contributed by atoms with van der Waals surface area (Å²) < 4.78 is 1.32. The van der Waals surface area contributed by atoms with Crippen LogP contribution in [0.25, 0.3) is 10.8 Å². The highest BCUT2D eigenvalue weighted by molar-refractivity contribution is 5.84. The van der Waals surface area contributed by atoms with Gasteiger partial charge in [-0.05, 0) is 43.4 Å². The fourth-order valence-electron chi connectivity index (χ4n) is 3.65. The summed E-state index contributed by atoms with van der Waals surface area (Å²) in [5.41, 5.74) is 1.88. The molecule has 5 heteroatoms. The molecule has 3 rings (SSSR count). The highest BCUT2D eigenvalue weighted by Crippen LogP contribution is 2.18. The van der Waals surface area contributed by atoms with E-state index in [4.69, 9.17) is 0 Å². The number of aryl methyl sites for hydroxylation is 2. The smallest absolute Gasteiger partial charge is 0.275 e. The molecule has 1 aromatic heterocycles. The van der Waals surface area contributed by atoms with E-state index in [1.165, 1.54) is 29.5 Å². The van der Waals surface area contributed by atoms with Crippen LogP contribution in [0.3, 0.4) is 0 Å². The highest BCUT2D eigenvalue weighted by Gasteiger charge is 2.17. The summed E-state index contributed by atoms with van der Waals surface area (Å²) in [4.78, 5) is 25.1. The second kappa shape index (κ2) is 7.81. The van der Waals surface area contributed by atoms with Crippen LogP contribution in [0, 0.1) is 0 Å². The molecule has 1 heterocycles. The maximum absolute atomic E-state index is 12.7. The van der Waals surface area contributed by atoms with Gasteiger partial charge in [0.25, 0.3) is 5.56 Å². The Bertz CT molecular complexity index is 820. The number of hydrogen-bond acceptors (Lipinski definition) is 3. The first-order chi connectivity index (χ1) is 12.1. The minimum Gasteiger partial charge on any atom is -0.352 e. The van der Waals surface area contributed by atoms with Crippen molar-refractivity contribution in [2.75, 3.05) is 0 Å². The summed E-state index contributed by atoms with van der Waals surface area (Å²) in [6.45, 7) is 4.11. The Balaban J connectivity index is 1.87. The number of rotatable bonds is 5. The van der Waals surface area contributed by atoms with Crippen molar-refractivity contribution in [1.82, 2.24) is 15.1 Å². The molecule has 0 unspecified atom stereocenters. The lowest BCUT2D eigenvalue weighted by Gasteiger charge is -2.22. The summed E-state index contributed by atoms with van der Waals surface area (Å²) >= 11 is 0. The lowest BCUT2D eigenvalue weighted by atomic mass is 9.95. The van der Waals surface area contributed by atoms with Crippen molar-refractivity contribution in [3.63, 3.8) is 0 Å². The molecule has 0 saturated heterocycles. The lowest BCUT2D eigenvalue weighted by molar-refractivity contribution is -0.122. The van der Waals surface area contributed by atoms with Gasteiger partial charge in [0.15, 0.2) is 0 Å². The number of benzene rings is 1. The number of nitrogens with one attached hydrogen (secondary N) is 1. The van der Waals surface area contributed by atoms with Crippen molar-refractivity contribution < 1.29 is 4.79 Å². The largest absolute Gasteiger partial charge is 0.352 e. The third-order valence-electron chi connectivity index (χ3n) is 5.11. The number of amides is 1. The van der Waals surface area contributed by atoms with Gasteiger partial charge in [-0.25, -0.2) is 4.68 Å². The highest BCUT2D eigenvalue weighted by atomic mass is 16.2. The van der Waals surface area contributed by atoms with Gasteiger partial charge in [-0.2, -0.15) is 5.10 Å². The molecule has 2 aromatic rings. The molecule has 1 N–H and O–H groups in total. The minimum absolute atomic E-state index is 0.00615. The lowest BCUT2D eigenvalue weighted by Crippen LogP contribution is -2.40. The molecule has 134 valence electrons. The monoisotopic (exact) mass is 341 g/mol.